The fourth-order valence-corrected chi connectivity index (χ4v) is 3.46. The van der Waals surface area contributed by atoms with E-state index < -0.39 is 11.7 Å². The van der Waals surface area contributed by atoms with Crippen LogP contribution < -0.4 is 0 Å². The summed E-state index contributed by atoms with van der Waals surface area (Å²) in [5, 5.41) is 9.11. The Labute approximate surface area is 133 Å². The molecule has 0 atom stereocenters. The molecule has 1 aromatic carbocycles. The molecule has 0 amide bonds. The molecule has 1 aliphatic carbocycles. The fraction of sp³-hybridized carbons (Fsp3) is 0.588. The molecule has 2 aromatic rings. The lowest BCUT2D eigenvalue weighted by Gasteiger charge is -2.22. The molecule has 1 heterocycles. The number of hydrogen-bond donors (Lipinski definition) is 1. The average Bonchev–Trinajstić information content (AvgIpc) is 2.90. The van der Waals surface area contributed by atoms with Crippen molar-refractivity contribution in [2.75, 3.05) is 6.61 Å². The number of aliphatic hydroxyl groups is 1. The number of nitrogens with zero attached hydrogens (tertiary/aromatic N) is 2. The average molecular weight is 326 g/mol. The van der Waals surface area contributed by atoms with Crippen molar-refractivity contribution in [3.63, 3.8) is 0 Å². The zero-order valence-corrected chi connectivity index (χ0v) is 12.9. The van der Waals surface area contributed by atoms with Crippen LogP contribution in [0.2, 0.25) is 0 Å². The maximum absolute atomic E-state index is 12.9. The van der Waals surface area contributed by atoms with Crippen LogP contribution in [-0.4, -0.2) is 21.3 Å². The first-order chi connectivity index (χ1) is 11.0. The number of hydrogen-bond acceptors (Lipinski definition) is 2. The Bertz CT molecular complexity index is 672. The molecule has 0 aliphatic heterocycles. The van der Waals surface area contributed by atoms with Crippen LogP contribution in [0.5, 0.6) is 0 Å². The van der Waals surface area contributed by atoms with Crippen LogP contribution in [0.15, 0.2) is 18.2 Å². The van der Waals surface area contributed by atoms with E-state index in [1.165, 1.54) is 12.5 Å². The molecule has 6 heteroatoms. The molecule has 23 heavy (non-hydrogen) atoms. The van der Waals surface area contributed by atoms with E-state index in [1.807, 2.05) is 4.57 Å². The highest BCUT2D eigenvalue weighted by Crippen LogP contribution is 2.36. The zero-order chi connectivity index (χ0) is 16.4. The predicted octanol–water partition coefficient (Wildman–Crippen LogP) is 4.49. The van der Waals surface area contributed by atoms with Crippen molar-refractivity contribution < 1.29 is 18.3 Å². The van der Waals surface area contributed by atoms with Crippen LogP contribution >= 0.6 is 0 Å². The number of halogens is 3. The Morgan fingerprint density at radius 1 is 1.17 bits per heavy atom. The van der Waals surface area contributed by atoms with E-state index in [2.05, 4.69) is 4.98 Å². The highest BCUT2D eigenvalue weighted by molar-refractivity contribution is 5.77. The van der Waals surface area contributed by atoms with Gasteiger partial charge < -0.3 is 9.67 Å². The number of rotatable bonds is 4. The molecule has 0 unspecified atom stereocenters. The summed E-state index contributed by atoms with van der Waals surface area (Å²) < 4.78 is 40.7. The number of benzene rings is 1. The molecule has 1 N–H and O–H groups in total. The molecule has 3 rings (SSSR count). The highest BCUT2D eigenvalue weighted by Gasteiger charge is 2.31. The van der Waals surface area contributed by atoms with E-state index in [0.29, 0.717) is 24.4 Å². The standard InChI is InChI=1S/C17H21F3N2O/c18-17(19,20)13-7-8-15-14(11-13)21-16(22(15)9-4-10-23)12-5-2-1-3-6-12/h7-8,11-12,23H,1-6,9-10H2. The first-order valence-corrected chi connectivity index (χ1v) is 8.19. The minimum atomic E-state index is -4.35. The van der Waals surface area contributed by atoms with Gasteiger partial charge in [0.25, 0.3) is 0 Å². The molecule has 1 aromatic heterocycles. The minimum absolute atomic E-state index is 0.0599. The highest BCUT2D eigenvalue weighted by atomic mass is 19.4. The van der Waals surface area contributed by atoms with Crippen LogP contribution in [0, 0.1) is 0 Å². The molecule has 3 nitrogen and oxygen atoms in total. The molecule has 126 valence electrons. The smallest absolute Gasteiger partial charge is 0.396 e. The summed E-state index contributed by atoms with van der Waals surface area (Å²) in [5.41, 5.74) is 0.470. The van der Waals surface area contributed by atoms with Crippen molar-refractivity contribution in [1.29, 1.82) is 0 Å². The van der Waals surface area contributed by atoms with Gasteiger partial charge in [-0.05, 0) is 37.5 Å². The van der Waals surface area contributed by atoms with Crippen LogP contribution in [0.25, 0.3) is 11.0 Å². The van der Waals surface area contributed by atoms with Gasteiger partial charge >= 0.3 is 6.18 Å². The first-order valence-electron chi connectivity index (χ1n) is 8.19. The number of imidazole rings is 1. The lowest BCUT2D eigenvalue weighted by molar-refractivity contribution is -0.137. The molecule has 0 radical (unpaired) electrons. The lowest BCUT2D eigenvalue weighted by atomic mass is 9.88. The number of aromatic nitrogens is 2. The van der Waals surface area contributed by atoms with Gasteiger partial charge in [-0.3, -0.25) is 0 Å². The Morgan fingerprint density at radius 3 is 2.57 bits per heavy atom. The summed E-state index contributed by atoms with van der Waals surface area (Å²) in [4.78, 5) is 4.54. The van der Waals surface area contributed by atoms with Crippen LogP contribution in [0.4, 0.5) is 13.2 Å². The summed E-state index contributed by atoms with van der Waals surface area (Å²) in [6.45, 7) is 0.647. The Hall–Kier alpha value is -1.56. The number of alkyl halides is 3. The third-order valence-corrected chi connectivity index (χ3v) is 4.62. The predicted molar refractivity (Wildman–Crippen MR) is 82.3 cm³/mol. The summed E-state index contributed by atoms with van der Waals surface area (Å²) in [6.07, 6.45) is 1.79. The molecule has 1 saturated carbocycles. The van der Waals surface area contributed by atoms with Gasteiger partial charge in [-0.1, -0.05) is 19.3 Å². The third-order valence-electron chi connectivity index (χ3n) is 4.62. The summed E-state index contributed by atoms with van der Waals surface area (Å²) >= 11 is 0. The second kappa shape index (κ2) is 6.51. The number of aryl methyl sites for hydroxylation is 1. The van der Waals surface area contributed by atoms with Crippen molar-refractivity contribution in [2.24, 2.45) is 0 Å². The van der Waals surface area contributed by atoms with E-state index in [0.717, 1.165) is 49.2 Å². The Morgan fingerprint density at radius 2 is 1.91 bits per heavy atom. The molecule has 1 fully saturated rings. The maximum Gasteiger partial charge on any atom is 0.416 e. The summed E-state index contributed by atoms with van der Waals surface area (Å²) in [5.74, 6) is 1.19. The van der Waals surface area contributed by atoms with Gasteiger partial charge in [-0.25, -0.2) is 4.98 Å². The monoisotopic (exact) mass is 326 g/mol. The van der Waals surface area contributed by atoms with E-state index in [9.17, 15) is 13.2 Å². The SMILES string of the molecule is OCCCn1c(C2CCCCC2)nc2cc(C(F)(F)F)ccc21. The third kappa shape index (κ3) is 3.37. The van der Waals surface area contributed by atoms with Gasteiger partial charge in [0.15, 0.2) is 0 Å². The zero-order valence-electron chi connectivity index (χ0n) is 12.9. The largest absolute Gasteiger partial charge is 0.416 e. The van der Waals surface area contributed by atoms with Crippen LogP contribution in [0.1, 0.15) is 55.8 Å². The van der Waals surface area contributed by atoms with Crippen LogP contribution in [-0.2, 0) is 12.7 Å². The van der Waals surface area contributed by atoms with Gasteiger partial charge in [0.1, 0.15) is 5.82 Å². The lowest BCUT2D eigenvalue weighted by Crippen LogP contribution is -2.13. The van der Waals surface area contributed by atoms with Crippen molar-refractivity contribution in [3.05, 3.63) is 29.6 Å². The molecule has 0 bridgehead atoms. The molecule has 0 spiro atoms. The first kappa shape index (κ1) is 16.3. The van der Waals surface area contributed by atoms with Gasteiger partial charge in [0.05, 0.1) is 16.6 Å². The quantitative estimate of drug-likeness (QED) is 0.899. The summed E-state index contributed by atoms with van der Waals surface area (Å²) in [6, 6.07) is 3.76. The van der Waals surface area contributed by atoms with Crippen molar-refractivity contribution in [3.8, 4) is 0 Å². The number of aliphatic hydroxyl groups excluding tert-OH is 1. The van der Waals surface area contributed by atoms with Gasteiger partial charge in [-0.2, -0.15) is 13.2 Å². The Balaban J connectivity index is 2.05. The van der Waals surface area contributed by atoms with Crippen molar-refractivity contribution >= 4 is 11.0 Å². The van der Waals surface area contributed by atoms with Gasteiger partial charge in [0.2, 0.25) is 0 Å². The maximum atomic E-state index is 12.9. The minimum Gasteiger partial charge on any atom is -0.396 e. The second-order valence-corrected chi connectivity index (χ2v) is 6.23. The van der Waals surface area contributed by atoms with Crippen LogP contribution in [0.3, 0.4) is 0 Å². The molecular formula is C17H21F3N2O. The van der Waals surface area contributed by atoms with Crippen molar-refractivity contribution in [2.45, 2.75) is 57.2 Å². The number of fused-ring (bicyclic) bond motifs is 1. The Kier molecular flexibility index (Phi) is 4.62. The van der Waals surface area contributed by atoms with Gasteiger partial charge in [-0.15, -0.1) is 0 Å². The van der Waals surface area contributed by atoms with E-state index in [4.69, 9.17) is 5.11 Å². The normalized spacial score (nSPS) is 17.0. The molecular weight excluding hydrogens is 305 g/mol. The topological polar surface area (TPSA) is 38.0 Å². The molecule has 0 saturated heterocycles. The van der Waals surface area contributed by atoms with E-state index >= 15 is 0 Å². The fourth-order valence-electron chi connectivity index (χ4n) is 3.46. The van der Waals surface area contributed by atoms with E-state index in [1.54, 1.807) is 0 Å². The molecule has 1 aliphatic rings. The second-order valence-electron chi connectivity index (χ2n) is 6.23. The van der Waals surface area contributed by atoms with E-state index in [-0.39, 0.29) is 6.61 Å². The van der Waals surface area contributed by atoms with Gasteiger partial charge in [0, 0.05) is 19.1 Å². The van der Waals surface area contributed by atoms with Crippen molar-refractivity contribution in [1.82, 2.24) is 9.55 Å². The summed E-state index contributed by atoms with van der Waals surface area (Å²) in [7, 11) is 0.